The van der Waals surface area contributed by atoms with Gasteiger partial charge in [-0.15, -0.1) is 0 Å². The Morgan fingerprint density at radius 3 is 2.10 bits per heavy atom. The Morgan fingerprint density at radius 2 is 1.70 bits per heavy atom. The summed E-state index contributed by atoms with van der Waals surface area (Å²) in [6.45, 7) is -0.573. The van der Waals surface area contributed by atoms with Crippen molar-refractivity contribution in [1.82, 2.24) is 4.90 Å². The number of amides is 2. The van der Waals surface area contributed by atoms with Crippen LogP contribution in [0.25, 0.3) is 0 Å². The van der Waals surface area contributed by atoms with Gasteiger partial charge in [-0.3, -0.25) is 19.3 Å². The lowest BCUT2D eigenvalue weighted by atomic mass is 10.1. The highest BCUT2D eigenvalue weighted by atomic mass is 19.3. The lowest BCUT2D eigenvalue weighted by Crippen LogP contribution is -2.33. The first-order chi connectivity index (χ1) is 9.35. The molecule has 2 unspecified atom stereocenters. The van der Waals surface area contributed by atoms with Crippen molar-refractivity contribution in [3.05, 3.63) is 35.4 Å². The zero-order valence-corrected chi connectivity index (χ0v) is 10.0. The standard InChI is InChI=1S/C13H9F2NO4/c14-13(15)8(9(13)12(19)20)5-16-10(17)6-3-1-2-4-7(6)11(16)18/h1-4,8-9H,5H2,(H,19,20). The molecule has 0 spiro atoms. The van der Waals surface area contributed by atoms with Crippen LogP contribution in [0.15, 0.2) is 24.3 Å². The molecule has 1 aliphatic carbocycles. The van der Waals surface area contributed by atoms with Crippen molar-refractivity contribution in [3.8, 4) is 0 Å². The van der Waals surface area contributed by atoms with Gasteiger partial charge < -0.3 is 5.11 Å². The molecular formula is C13H9F2NO4. The van der Waals surface area contributed by atoms with Gasteiger partial charge in [-0.25, -0.2) is 8.78 Å². The number of halogens is 2. The molecule has 1 saturated carbocycles. The zero-order chi connectivity index (χ0) is 14.7. The molecule has 7 heteroatoms. The molecule has 2 atom stereocenters. The van der Waals surface area contributed by atoms with Crippen molar-refractivity contribution in [3.63, 3.8) is 0 Å². The molecule has 1 aliphatic heterocycles. The summed E-state index contributed by atoms with van der Waals surface area (Å²) in [5.74, 6) is -9.64. The summed E-state index contributed by atoms with van der Waals surface area (Å²) in [5, 5.41) is 8.67. The number of carbonyl (C=O) groups is 3. The third-order valence-electron chi connectivity index (χ3n) is 3.73. The van der Waals surface area contributed by atoms with Crippen LogP contribution in [-0.2, 0) is 4.79 Å². The highest BCUT2D eigenvalue weighted by Crippen LogP contribution is 2.55. The number of carboxylic acid groups (broad SMARTS) is 1. The van der Waals surface area contributed by atoms with Crippen LogP contribution in [0.2, 0.25) is 0 Å². The van der Waals surface area contributed by atoms with E-state index < -0.39 is 42.1 Å². The third kappa shape index (κ3) is 1.55. The molecule has 2 aliphatic rings. The quantitative estimate of drug-likeness (QED) is 0.846. The number of hydrogen-bond acceptors (Lipinski definition) is 3. The van der Waals surface area contributed by atoms with Gasteiger partial charge in [0.25, 0.3) is 17.7 Å². The molecule has 1 N–H and O–H groups in total. The van der Waals surface area contributed by atoms with Crippen LogP contribution in [-0.4, -0.2) is 40.3 Å². The highest BCUT2D eigenvalue weighted by molar-refractivity contribution is 6.21. The summed E-state index contributed by atoms with van der Waals surface area (Å²) in [6.07, 6.45) is 0. The SMILES string of the molecule is O=C(O)C1C(CN2C(=O)c3ccccc3C2=O)C1(F)F. The minimum atomic E-state index is -3.37. The minimum Gasteiger partial charge on any atom is -0.481 e. The van der Waals surface area contributed by atoms with Crippen molar-refractivity contribution < 1.29 is 28.3 Å². The number of benzene rings is 1. The normalized spacial score (nSPS) is 26.6. The van der Waals surface area contributed by atoms with E-state index >= 15 is 0 Å². The van der Waals surface area contributed by atoms with Crippen molar-refractivity contribution >= 4 is 17.8 Å². The van der Waals surface area contributed by atoms with Crippen LogP contribution < -0.4 is 0 Å². The van der Waals surface area contributed by atoms with E-state index in [2.05, 4.69) is 0 Å². The lowest BCUT2D eigenvalue weighted by molar-refractivity contribution is -0.141. The van der Waals surface area contributed by atoms with Gasteiger partial charge in [0.05, 0.1) is 17.0 Å². The molecule has 0 saturated heterocycles. The molecular weight excluding hydrogens is 272 g/mol. The highest BCUT2D eigenvalue weighted by Gasteiger charge is 2.73. The van der Waals surface area contributed by atoms with Gasteiger partial charge in [0, 0.05) is 6.54 Å². The van der Waals surface area contributed by atoms with Gasteiger partial charge in [0.15, 0.2) is 0 Å². The summed E-state index contributed by atoms with van der Waals surface area (Å²) in [6, 6.07) is 6.02. The first kappa shape index (κ1) is 12.7. The van der Waals surface area contributed by atoms with Gasteiger partial charge >= 0.3 is 5.97 Å². The first-order valence-corrected chi connectivity index (χ1v) is 5.91. The number of imide groups is 1. The number of fused-ring (bicyclic) bond motifs is 1. The third-order valence-corrected chi connectivity index (χ3v) is 3.73. The molecule has 104 valence electrons. The Kier molecular flexibility index (Phi) is 2.44. The fourth-order valence-electron chi connectivity index (χ4n) is 2.56. The second kappa shape index (κ2) is 3.84. The number of hydrogen-bond donors (Lipinski definition) is 1. The largest absolute Gasteiger partial charge is 0.481 e. The summed E-state index contributed by atoms with van der Waals surface area (Å²) >= 11 is 0. The molecule has 1 aromatic carbocycles. The average Bonchev–Trinajstić information content (AvgIpc) is 2.86. The zero-order valence-electron chi connectivity index (χ0n) is 10.0. The maximum Gasteiger partial charge on any atom is 0.313 e. The van der Waals surface area contributed by atoms with E-state index in [4.69, 9.17) is 5.11 Å². The predicted octanol–water partition coefficient (Wildman–Crippen LogP) is 1.25. The van der Waals surface area contributed by atoms with Crippen LogP contribution >= 0.6 is 0 Å². The Hall–Kier alpha value is -2.31. The predicted molar refractivity (Wildman–Crippen MR) is 61.4 cm³/mol. The number of carbonyl (C=O) groups excluding carboxylic acids is 2. The molecule has 1 heterocycles. The van der Waals surface area contributed by atoms with Crippen LogP contribution in [0.3, 0.4) is 0 Å². The van der Waals surface area contributed by atoms with Gasteiger partial charge in [-0.05, 0) is 12.1 Å². The molecule has 0 aromatic heterocycles. The van der Waals surface area contributed by atoms with Gasteiger partial charge in [0.1, 0.15) is 5.92 Å². The fraction of sp³-hybridized carbons (Fsp3) is 0.308. The molecule has 1 aromatic rings. The van der Waals surface area contributed by atoms with E-state index in [0.29, 0.717) is 4.90 Å². The van der Waals surface area contributed by atoms with Crippen molar-refractivity contribution in [1.29, 1.82) is 0 Å². The molecule has 2 amide bonds. The van der Waals surface area contributed by atoms with E-state index in [9.17, 15) is 23.2 Å². The van der Waals surface area contributed by atoms with Crippen LogP contribution in [0.1, 0.15) is 20.7 Å². The first-order valence-electron chi connectivity index (χ1n) is 5.91. The van der Waals surface area contributed by atoms with E-state index in [1.807, 2.05) is 0 Å². The van der Waals surface area contributed by atoms with E-state index in [-0.39, 0.29) is 11.1 Å². The number of carboxylic acids is 1. The summed E-state index contributed by atoms with van der Waals surface area (Å²) < 4.78 is 26.6. The average molecular weight is 281 g/mol. The Labute approximate surface area is 111 Å². The molecule has 0 bridgehead atoms. The van der Waals surface area contributed by atoms with Crippen molar-refractivity contribution in [2.24, 2.45) is 11.8 Å². The molecule has 20 heavy (non-hydrogen) atoms. The van der Waals surface area contributed by atoms with Crippen LogP contribution in [0, 0.1) is 11.8 Å². The van der Waals surface area contributed by atoms with E-state index in [1.165, 1.54) is 12.1 Å². The number of aliphatic carboxylic acids is 1. The van der Waals surface area contributed by atoms with Crippen molar-refractivity contribution in [2.75, 3.05) is 6.54 Å². The number of nitrogens with zero attached hydrogens (tertiary/aromatic N) is 1. The second-order valence-corrected chi connectivity index (χ2v) is 4.86. The Balaban J connectivity index is 1.83. The number of rotatable bonds is 3. The van der Waals surface area contributed by atoms with Gasteiger partial charge in [-0.1, -0.05) is 12.1 Å². The van der Waals surface area contributed by atoms with E-state index in [0.717, 1.165) is 0 Å². The van der Waals surface area contributed by atoms with Crippen LogP contribution in [0.4, 0.5) is 8.78 Å². The summed E-state index contributed by atoms with van der Waals surface area (Å²) in [5.41, 5.74) is 0.321. The maximum atomic E-state index is 13.3. The van der Waals surface area contributed by atoms with Crippen LogP contribution in [0.5, 0.6) is 0 Å². The lowest BCUT2D eigenvalue weighted by Gasteiger charge is -2.12. The maximum absolute atomic E-state index is 13.3. The number of alkyl halides is 2. The molecule has 5 nitrogen and oxygen atoms in total. The van der Waals surface area contributed by atoms with Gasteiger partial charge in [-0.2, -0.15) is 0 Å². The Bertz CT molecular complexity index is 608. The topological polar surface area (TPSA) is 74.7 Å². The van der Waals surface area contributed by atoms with E-state index in [1.54, 1.807) is 12.1 Å². The minimum absolute atomic E-state index is 0.161. The molecule has 0 radical (unpaired) electrons. The smallest absolute Gasteiger partial charge is 0.313 e. The second-order valence-electron chi connectivity index (χ2n) is 4.86. The van der Waals surface area contributed by atoms with Gasteiger partial charge in [0.2, 0.25) is 0 Å². The molecule has 3 rings (SSSR count). The summed E-state index contributed by atoms with van der Waals surface area (Å²) in [7, 11) is 0. The van der Waals surface area contributed by atoms with Crippen molar-refractivity contribution in [2.45, 2.75) is 5.92 Å². The monoisotopic (exact) mass is 281 g/mol. The summed E-state index contributed by atoms with van der Waals surface area (Å²) in [4.78, 5) is 35.3. The molecule has 1 fully saturated rings. The Morgan fingerprint density at radius 1 is 1.20 bits per heavy atom. The fourth-order valence-corrected chi connectivity index (χ4v) is 2.56.